The Hall–Kier alpha value is -0.700. The normalized spacial score (nSPS) is 13.8. The lowest BCUT2D eigenvalue weighted by molar-refractivity contribution is 0.412. The standard InChI is InChI=1S/C9H10BrNO/c1-12-7-3-2-6-4-5-11-9(6)8(7)10/h2-3,11H,4-5H2,1H3. The van der Waals surface area contributed by atoms with Gasteiger partial charge in [0.05, 0.1) is 17.3 Å². The maximum atomic E-state index is 5.18. The smallest absolute Gasteiger partial charge is 0.135 e. The molecule has 64 valence electrons. The van der Waals surface area contributed by atoms with Crippen molar-refractivity contribution in [1.82, 2.24) is 0 Å². The summed E-state index contributed by atoms with van der Waals surface area (Å²) in [6.45, 7) is 1.03. The number of anilines is 1. The highest BCUT2D eigenvalue weighted by Crippen LogP contribution is 2.37. The van der Waals surface area contributed by atoms with Gasteiger partial charge >= 0.3 is 0 Å². The van der Waals surface area contributed by atoms with Gasteiger partial charge in [0.1, 0.15) is 5.75 Å². The quantitative estimate of drug-likeness (QED) is 0.796. The molecule has 0 unspecified atom stereocenters. The molecule has 0 fully saturated rings. The number of nitrogens with one attached hydrogen (secondary N) is 1. The minimum Gasteiger partial charge on any atom is -0.495 e. The molecule has 2 nitrogen and oxygen atoms in total. The van der Waals surface area contributed by atoms with E-state index in [0.717, 1.165) is 23.2 Å². The van der Waals surface area contributed by atoms with E-state index in [9.17, 15) is 0 Å². The molecule has 12 heavy (non-hydrogen) atoms. The summed E-state index contributed by atoms with van der Waals surface area (Å²) >= 11 is 3.50. The van der Waals surface area contributed by atoms with Gasteiger partial charge in [-0.3, -0.25) is 0 Å². The van der Waals surface area contributed by atoms with Crippen LogP contribution in [0.4, 0.5) is 5.69 Å². The number of fused-ring (bicyclic) bond motifs is 1. The average Bonchev–Trinajstić information content (AvgIpc) is 2.53. The van der Waals surface area contributed by atoms with Crippen molar-refractivity contribution in [2.45, 2.75) is 6.42 Å². The zero-order chi connectivity index (χ0) is 8.55. The van der Waals surface area contributed by atoms with Crippen molar-refractivity contribution in [3.8, 4) is 5.75 Å². The van der Waals surface area contributed by atoms with Gasteiger partial charge in [0, 0.05) is 6.54 Å². The largest absolute Gasteiger partial charge is 0.495 e. The van der Waals surface area contributed by atoms with Crippen LogP contribution in [0.5, 0.6) is 5.75 Å². The van der Waals surface area contributed by atoms with Gasteiger partial charge in [-0.05, 0) is 34.0 Å². The highest BCUT2D eigenvalue weighted by molar-refractivity contribution is 9.10. The number of methoxy groups -OCH3 is 1. The van der Waals surface area contributed by atoms with Crippen LogP contribution in [-0.4, -0.2) is 13.7 Å². The lowest BCUT2D eigenvalue weighted by Crippen LogP contribution is -1.93. The van der Waals surface area contributed by atoms with E-state index in [2.05, 4.69) is 27.3 Å². The molecule has 0 spiro atoms. The molecule has 1 heterocycles. The van der Waals surface area contributed by atoms with E-state index in [1.165, 1.54) is 11.3 Å². The Kier molecular flexibility index (Phi) is 1.97. The van der Waals surface area contributed by atoms with Crippen LogP contribution in [0, 0.1) is 0 Å². The van der Waals surface area contributed by atoms with E-state index < -0.39 is 0 Å². The summed E-state index contributed by atoms with van der Waals surface area (Å²) in [5, 5.41) is 3.32. The fraction of sp³-hybridized carbons (Fsp3) is 0.333. The third-order valence-corrected chi connectivity index (χ3v) is 2.90. The molecule has 3 heteroatoms. The first kappa shape index (κ1) is 7.92. The Bertz CT molecular complexity index is 312. The SMILES string of the molecule is COc1ccc2c(c1Br)NCC2. The molecular formula is C9H10BrNO. The van der Waals surface area contributed by atoms with E-state index in [-0.39, 0.29) is 0 Å². The van der Waals surface area contributed by atoms with Crippen LogP contribution in [0.3, 0.4) is 0 Å². The van der Waals surface area contributed by atoms with Crippen molar-refractivity contribution < 1.29 is 4.74 Å². The average molecular weight is 228 g/mol. The molecule has 0 aromatic heterocycles. The van der Waals surface area contributed by atoms with Crippen LogP contribution >= 0.6 is 15.9 Å². The molecule has 1 aromatic rings. The summed E-state index contributed by atoms with van der Waals surface area (Å²) in [5.74, 6) is 0.892. The van der Waals surface area contributed by atoms with Crippen LogP contribution in [0.2, 0.25) is 0 Å². The molecule has 0 saturated heterocycles. The molecule has 1 aliphatic heterocycles. The number of ether oxygens (including phenoxy) is 1. The molecule has 1 N–H and O–H groups in total. The molecule has 0 atom stereocenters. The second-order valence-electron chi connectivity index (χ2n) is 2.79. The summed E-state index contributed by atoms with van der Waals surface area (Å²) in [6.07, 6.45) is 1.11. The minimum atomic E-state index is 0.892. The molecular weight excluding hydrogens is 218 g/mol. The molecule has 0 amide bonds. The Morgan fingerprint density at radius 3 is 3.08 bits per heavy atom. The summed E-state index contributed by atoms with van der Waals surface area (Å²) in [5.41, 5.74) is 2.55. The molecule has 0 radical (unpaired) electrons. The van der Waals surface area contributed by atoms with Gasteiger partial charge in [-0.25, -0.2) is 0 Å². The van der Waals surface area contributed by atoms with Crippen molar-refractivity contribution >= 4 is 21.6 Å². The van der Waals surface area contributed by atoms with Crippen LogP contribution in [0.1, 0.15) is 5.56 Å². The van der Waals surface area contributed by atoms with Crippen molar-refractivity contribution in [2.75, 3.05) is 19.0 Å². The van der Waals surface area contributed by atoms with Crippen molar-refractivity contribution in [3.05, 3.63) is 22.2 Å². The fourth-order valence-electron chi connectivity index (χ4n) is 1.48. The number of benzene rings is 1. The van der Waals surface area contributed by atoms with Crippen molar-refractivity contribution in [3.63, 3.8) is 0 Å². The van der Waals surface area contributed by atoms with Gasteiger partial charge in [-0.1, -0.05) is 6.07 Å². The molecule has 1 aromatic carbocycles. The highest BCUT2D eigenvalue weighted by atomic mass is 79.9. The number of hydrogen-bond donors (Lipinski definition) is 1. The Labute approximate surface area is 80.1 Å². The van der Waals surface area contributed by atoms with Gasteiger partial charge in [0.25, 0.3) is 0 Å². The maximum absolute atomic E-state index is 5.18. The Balaban J connectivity index is 2.54. The Morgan fingerprint density at radius 2 is 2.33 bits per heavy atom. The first-order valence-corrected chi connectivity index (χ1v) is 4.71. The van der Waals surface area contributed by atoms with Crippen LogP contribution in [0.15, 0.2) is 16.6 Å². The lowest BCUT2D eigenvalue weighted by Gasteiger charge is -2.07. The second kappa shape index (κ2) is 2.98. The summed E-state index contributed by atoms with van der Waals surface area (Å²) < 4.78 is 6.23. The molecule has 2 rings (SSSR count). The number of hydrogen-bond acceptors (Lipinski definition) is 2. The third kappa shape index (κ3) is 1.08. The zero-order valence-corrected chi connectivity index (χ0v) is 8.44. The van der Waals surface area contributed by atoms with E-state index in [1.54, 1.807) is 7.11 Å². The first-order valence-electron chi connectivity index (χ1n) is 3.92. The van der Waals surface area contributed by atoms with Gasteiger partial charge < -0.3 is 10.1 Å². The van der Waals surface area contributed by atoms with Gasteiger partial charge in [0.2, 0.25) is 0 Å². The second-order valence-corrected chi connectivity index (χ2v) is 3.59. The summed E-state index contributed by atoms with van der Waals surface area (Å²) in [6, 6.07) is 4.11. The predicted molar refractivity (Wildman–Crippen MR) is 52.9 cm³/mol. The highest BCUT2D eigenvalue weighted by Gasteiger charge is 2.15. The van der Waals surface area contributed by atoms with Crippen LogP contribution < -0.4 is 10.1 Å². The maximum Gasteiger partial charge on any atom is 0.135 e. The van der Waals surface area contributed by atoms with Crippen LogP contribution in [0.25, 0.3) is 0 Å². The lowest BCUT2D eigenvalue weighted by atomic mass is 10.1. The first-order chi connectivity index (χ1) is 5.83. The molecule has 1 aliphatic rings. The van der Waals surface area contributed by atoms with Gasteiger partial charge in [0.15, 0.2) is 0 Å². The minimum absolute atomic E-state index is 0.892. The summed E-state index contributed by atoms with van der Waals surface area (Å²) in [4.78, 5) is 0. The molecule has 0 saturated carbocycles. The van der Waals surface area contributed by atoms with E-state index >= 15 is 0 Å². The topological polar surface area (TPSA) is 21.3 Å². The molecule has 0 bridgehead atoms. The number of rotatable bonds is 1. The monoisotopic (exact) mass is 227 g/mol. The predicted octanol–water partition coefficient (Wildman–Crippen LogP) is 2.43. The van der Waals surface area contributed by atoms with E-state index in [0.29, 0.717) is 0 Å². The van der Waals surface area contributed by atoms with E-state index in [1.807, 2.05) is 6.07 Å². The summed E-state index contributed by atoms with van der Waals surface area (Å²) in [7, 11) is 1.68. The third-order valence-electron chi connectivity index (χ3n) is 2.11. The number of halogens is 1. The fourth-order valence-corrected chi connectivity index (χ4v) is 2.17. The van der Waals surface area contributed by atoms with Crippen molar-refractivity contribution in [1.29, 1.82) is 0 Å². The van der Waals surface area contributed by atoms with E-state index in [4.69, 9.17) is 4.74 Å². The zero-order valence-electron chi connectivity index (χ0n) is 6.86. The van der Waals surface area contributed by atoms with Gasteiger partial charge in [-0.2, -0.15) is 0 Å². The van der Waals surface area contributed by atoms with Crippen LogP contribution in [-0.2, 0) is 6.42 Å². The molecule has 0 aliphatic carbocycles. The van der Waals surface area contributed by atoms with Crippen molar-refractivity contribution in [2.24, 2.45) is 0 Å². The Morgan fingerprint density at radius 1 is 1.50 bits per heavy atom. The van der Waals surface area contributed by atoms with Gasteiger partial charge in [-0.15, -0.1) is 0 Å².